The first-order chi connectivity index (χ1) is 7.22. The van der Waals surface area contributed by atoms with Crippen LogP contribution in [0.2, 0.25) is 0 Å². The summed E-state index contributed by atoms with van der Waals surface area (Å²) in [4.78, 5) is 0. The van der Waals surface area contributed by atoms with Gasteiger partial charge in [-0.05, 0) is 17.7 Å². The van der Waals surface area contributed by atoms with Crippen molar-refractivity contribution >= 4 is 0 Å². The minimum Gasteiger partial charge on any atom is -0.496 e. The van der Waals surface area contributed by atoms with Gasteiger partial charge in [0, 0.05) is 11.6 Å². The number of nitriles is 1. The lowest BCUT2D eigenvalue weighted by Crippen LogP contribution is -2.09. The molecule has 0 radical (unpaired) electrons. The van der Waals surface area contributed by atoms with E-state index in [4.69, 9.17) is 20.8 Å². The summed E-state index contributed by atoms with van der Waals surface area (Å²) < 4.78 is 5.07. The lowest BCUT2D eigenvalue weighted by molar-refractivity contribution is 0.273. The lowest BCUT2D eigenvalue weighted by atomic mass is 10.0. The summed E-state index contributed by atoms with van der Waals surface area (Å²) in [5, 5.41) is 17.6. The number of ether oxygens (including phenoxy) is 1. The van der Waals surface area contributed by atoms with E-state index in [1.807, 2.05) is 6.07 Å². The molecule has 0 aromatic heterocycles. The van der Waals surface area contributed by atoms with Crippen LogP contribution in [-0.4, -0.2) is 12.2 Å². The monoisotopic (exact) mass is 206 g/mol. The summed E-state index contributed by atoms with van der Waals surface area (Å²) in [5.74, 6) is 0.630. The summed E-state index contributed by atoms with van der Waals surface area (Å²) in [5.41, 5.74) is 7.29. The molecule has 0 saturated heterocycles. The zero-order valence-electron chi connectivity index (χ0n) is 8.60. The lowest BCUT2D eigenvalue weighted by Gasteiger charge is -2.12. The molecule has 1 rings (SSSR count). The van der Waals surface area contributed by atoms with Crippen molar-refractivity contribution in [2.75, 3.05) is 7.11 Å². The van der Waals surface area contributed by atoms with Gasteiger partial charge in [-0.15, -0.1) is 0 Å². The number of aliphatic hydroxyl groups excluding tert-OH is 1. The normalized spacial score (nSPS) is 11.9. The average Bonchev–Trinajstić information content (AvgIpc) is 2.28. The molecule has 0 heterocycles. The Morgan fingerprint density at radius 1 is 1.60 bits per heavy atom. The minimum absolute atomic E-state index is 0.101. The number of hydrogen-bond acceptors (Lipinski definition) is 4. The van der Waals surface area contributed by atoms with E-state index in [1.54, 1.807) is 25.3 Å². The molecule has 0 amide bonds. The van der Waals surface area contributed by atoms with Crippen LogP contribution in [0, 0.1) is 11.3 Å². The highest BCUT2D eigenvalue weighted by Crippen LogP contribution is 2.23. The number of hydrogen-bond donors (Lipinski definition) is 2. The average molecular weight is 206 g/mol. The van der Waals surface area contributed by atoms with Gasteiger partial charge in [0.1, 0.15) is 5.75 Å². The van der Waals surface area contributed by atoms with Crippen molar-refractivity contribution in [2.45, 2.75) is 19.1 Å². The third-order valence-electron chi connectivity index (χ3n) is 2.21. The smallest absolute Gasteiger partial charge is 0.124 e. The Kier molecular flexibility index (Phi) is 4.10. The van der Waals surface area contributed by atoms with E-state index in [2.05, 4.69) is 0 Å². The molecule has 1 aromatic carbocycles. The van der Waals surface area contributed by atoms with Crippen molar-refractivity contribution in [2.24, 2.45) is 5.73 Å². The summed E-state index contributed by atoms with van der Waals surface area (Å²) >= 11 is 0. The first-order valence-electron chi connectivity index (χ1n) is 4.63. The van der Waals surface area contributed by atoms with Crippen LogP contribution in [0.4, 0.5) is 0 Å². The Balaban J connectivity index is 2.98. The van der Waals surface area contributed by atoms with Crippen molar-refractivity contribution in [3.63, 3.8) is 0 Å². The number of nitrogens with two attached hydrogens (primary N) is 1. The molecule has 0 unspecified atom stereocenters. The predicted molar refractivity (Wildman–Crippen MR) is 56.1 cm³/mol. The van der Waals surface area contributed by atoms with E-state index in [9.17, 15) is 0 Å². The molecule has 0 saturated carbocycles. The van der Waals surface area contributed by atoms with E-state index < -0.39 is 0 Å². The first kappa shape index (κ1) is 11.5. The van der Waals surface area contributed by atoms with Gasteiger partial charge in [0.05, 0.1) is 26.2 Å². The molecule has 1 aromatic rings. The van der Waals surface area contributed by atoms with Crippen molar-refractivity contribution < 1.29 is 9.84 Å². The molecule has 0 aliphatic heterocycles. The standard InChI is InChI=1S/C11H14N2O2/c1-15-11-3-2-8(6-9(11)7-14)10(13)4-5-12/h2-3,6,10,14H,4,7,13H2,1H3/t10-/m0/s1. The van der Waals surface area contributed by atoms with Gasteiger partial charge in [-0.1, -0.05) is 6.07 Å². The minimum atomic E-state index is -0.314. The fraction of sp³-hybridized carbons (Fsp3) is 0.364. The number of nitrogens with zero attached hydrogens (tertiary/aromatic N) is 1. The molecule has 0 aliphatic carbocycles. The highest BCUT2D eigenvalue weighted by Gasteiger charge is 2.09. The van der Waals surface area contributed by atoms with Gasteiger partial charge in [0.2, 0.25) is 0 Å². The van der Waals surface area contributed by atoms with Crippen molar-refractivity contribution in [1.82, 2.24) is 0 Å². The number of benzene rings is 1. The van der Waals surface area contributed by atoms with Gasteiger partial charge in [-0.3, -0.25) is 0 Å². The van der Waals surface area contributed by atoms with E-state index in [-0.39, 0.29) is 19.1 Å². The number of methoxy groups -OCH3 is 1. The quantitative estimate of drug-likeness (QED) is 0.773. The number of rotatable bonds is 4. The molecule has 0 spiro atoms. The van der Waals surface area contributed by atoms with Gasteiger partial charge >= 0.3 is 0 Å². The molecule has 1 atom stereocenters. The van der Waals surface area contributed by atoms with E-state index in [0.29, 0.717) is 11.3 Å². The molecular formula is C11H14N2O2. The molecular weight excluding hydrogens is 192 g/mol. The predicted octanol–water partition coefficient (Wildman–Crippen LogP) is 1.10. The summed E-state index contributed by atoms with van der Waals surface area (Å²) in [6.07, 6.45) is 0.261. The Labute approximate surface area is 88.9 Å². The first-order valence-corrected chi connectivity index (χ1v) is 4.63. The number of aliphatic hydroxyl groups is 1. The molecule has 0 bridgehead atoms. The van der Waals surface area contributed by atoms with Crippen LogP contribution in [0.15, 0.2) is 18.2 Å². The Hall–Kier alpha value is -1.57. The Morgan fingerprint density at radius 2 is 2.33 bits per heavy atom. The largest absolute Gasteiger partial charge is 0.496 e. The van der Waals surface area contributed by atoms with Crippen molar-refractivity contribution in [3.05, 3.63) is 29.3 Å². The SMILES string of the molecule is COc1ccc([C@@H](N)CC#N)cc1CO. The van der Waals surface area contributed by atoms with E-state index in [0.717, 1.165) is 5.56 Å². The fourth-order valence-corrected chi connectivity index (χ4v) is 1.37. The Bertz CT molecular complexity index is 371. The van der Waals surface area contributed by atoms with Gasteiger partial charge in [0.15, 0.2) is 0 Å². The second kappa shape index (κ2) is 5.35. The fourth-order valence-electron chi connectivity index (χ4n) is 1.37. The highest BCUT2D eigenvalue weighted by atomic mass is 16.5. The molecule has 3 N–H and O–H groups in total. The summed E-state index contributed by atoms with van der Waals surface area (Å²) in [6.45, 7) is -0.101. The zero-order chi connectivity index (χ0) is 11.3. The van der Waals surface area contributed by atoms with E-state index in [1.165, 1.54) is 0 Å². The summed E-state index contributed by atoms with van der Waals surface area (Å²) in [6, 6.07) is 7.02. The van der Waals surface area contributed by atoms with Crippen molar-refractivity contribution in [3.8, 4) is 11.8 Å². The van der Waals surface area contributed by atoms with Crippen LogP contribution < -0.4 is 10.5 Å². The second-order valence-corrected chi connectivity index (χ2v) is 3.20. The maximum absolute atomic E-state index is 9.10. The molecule has 80 valence electrons. The van der Waals surface area contributed by atoms with Crippen LogP contribution in [0.25, 0.3) is 0 Å². The van der Waals surface area contributed by atoms with Gasteiger partial charge in [0.25, 0.3) is 0 Å². The topological polar surface area (TPSA) is 79.3 Å². The summed E-state index contributed by atoms with van der Waals surface area (Å²) in [7, 11) is 1.55. The third-order valence-corrected chi connectivity index (χ3v) is 2.21. The van der Waals surface area contributed by atoms with Crippen LogP contribution >= 0.6 is 0 Å². The molecule has 0 aliphatic rings. The third kappa shape index (κ3) is 2.69. The van der Waals surface area contributed by atoms with Crippen LogP contribution in [0.1, 0.15) is 23.6 Å². The van der Waals surface area contributed by atoms with Gasteiger partial charge < -0.3 is 15.6 Å². The van der Waals surface area contributed by atoms with Gasteiger partial charge in [-0.2, -0.15) is 5.26 Å². The van der Waals surface area contributed by atoms with Crippen LogP contribution in [0.3, 0.4) is 0 Å². The highest BCUT2D eigenvalue weighted by molar-refractivity contribution is 5.38. The Morgan fingerprint density at radius 3 is 2.87 bits per heavy atom. The van der Waals surface area contributed by atoms with Crippen LogP contribution in [-0.2, 0) is 6.61 Å². The van der Waals surface area contributed by atoms with Crippen LogP contribution in [0.5, 0.6) is 5.75 Å². The maximum Gasteiger partial charge on any atom is 0.124 e. The second-order valence-electron chi connectivity index (χ2n) is 3.20. The molecule has 4 nitrogen and oxygen atoms in total. The molecule has 4 heteroatoms. The zero-order valence-corrected chi connectivity index (χ0v) is 8.60. The van der Waals surface area contributed by atoms with E-state index >= 15 is 0 Å². The molecule has 0 fully saturated rings. The maximum atomic E-state index is 9.10. The molecule has 15 heavy (non-hydrogen) atoms. The van der Waals surface area contributed by atoms with Crippen molar-refractivity contribution in [1.29, 1.82) is 5.26 Å². The van der Waals surface area contributed by atoms with Gasteiger partial charge in [-0.25, -0.2) is 0 Å².